The third-order valence-electron chi connectivity index (χ3n) is 1.91. The molecule has 0 bridgehead atoms. The lowest BCUT2D eigenvalue weighted by Gasteiger charge is -2.25. The molecule has 0 atom stereocenters. The first-order valence-corrected chi connectivity index (χ1v) is 4.87. The predicted molar refractivity (Wildman–Crippen MR) is 49.7 cm³/mol. The maximum Gasteiger partial charge on any atom is 0.238 e. The smallest absolute Gasteiger partial charge is 0.238 e. The van der Waals surface area contributed by atoms with E-state index in [1.165, 1.54) is 0 Å². The van der Waals surface area contributed by atoms with Crippen LogP contribution in [0, 0.1) is 11.3 Å². The average molecular weight is 195 g/mol. The Hall–Kier alpha value is -1.19. The van der Waals surface area contributed by atoms with Gasteiger partial charge in [0, 0.05) is 26.2 Å². The number of nitrogens with one attached hydrogen (secondary N) is 1. The van der Waals surface area contributed by atoms with Crippen LogP contribution >= 0.6 is 11.5 Å². The molecule has 0 spiro atoms. The highest BCUT2D eigenvalue weighted by molar-refractivity contribution is 7.06. The van der Waals surface area contributed by atoms with E-state index in [2.05, 4.69) is 19.6 Å². The number of hydrogen-bond acceptors (Lipinski definition) is 6. The molecule has 1 saturated heterocycles. The Morgan fingerprint density at radius 1 is 1.46 bits per heavy atom. The largest absolute Gasteiger partial charge is 0.338 e. The third kappa shape index (κ3) is 1.76. The van der Waals surface area contributed by atoms with Crippen LogP contribution in [0.25, 0.3) is 0 Å². The maximum atomic E-state index is 8.58. The van der Waals surface area contributed by atoms with Gasteiger partial charge in [0.1, 0.15) is 6.07 Å². The number of rotatable bonds is 1. The fourth-order valence-electron chi connectivity index (χ4n) is 1.25. The minimum atomic E-state index is 0.438. The molecule has 1 fully saturated rings. The predicted octanol–water partition coefficient (Wildman–Crippen LogP) is -0.181. The van der Waals surface area contributed by atoms with Crippen molar-refractivity contribution in [1.29, 1.82) is 5.26 Å². The molecule has 1 aliphatic rings. The number of nitrogens with zero attached hydrogens (tertiary/aromatic N) is 4. The monoisotopic (exact) mass is 195 g/mol. The summed E-state index contributed by atoms with van der Waals surface area (Å²) < 4.78 is 4.12. The Morgan fingerprint density at radius 2 is 2.23 bits per heavy atom. The molecule has 0 aromatic carbocycles. The van der Waals surface area contributed by atoms with Crippen molar-refractivity contribution < 1.29 is 0 Å². The van der Waals surface area contributed by atoms with Gasteiger partial charge in [-0.1, -0.05) is 0 Å². The van der Waals surface area contributed by atoms with Crippen molar-refractivity contribution in [2.24, 2.45) is 0 Å². The van der Waals surface area contributed by atoms with E-state index >= 15 is 0 Å². The van der Waals surface area contributed by atoms with Gasteiger partial charge in [-0.2, -0.15) is 14.6 Å². The molecular weight excluding hydrogens is 186 g/mol. The highest BCUT2D eigenvalue weighted by atomic mass is 32.1. The Labute approximate surface area is 80.2 Å². The van der Waals surface area contributed by atoms with Gasteiger partial charge < -0.3 is 10.2 Å². The summed E-state index contributed by atoms with van der Waals surface area (Å²) in [6, 6.07) is 1.99. The first kappa shape index (κ1) is 8.41. The number of hydrogen-bond donors (Lipinski definition) is 1. The highest BCUT2D eigenvalue weighted by Crippen LogP contribution is 2.12. The van der Waals surface area contributed by atoms with Crippen molar-refractivity contribution in [2.75, 3.05) is 31.1 Å². The van der Waals surface area contributed by atoms with Gasteiger partial charge in [-0.3, -0.25) is 0 Å². The van der Waals surface area contributed by atoms with Gasteiger partial charge in [0.05, 0.1) is 0 Å². The molecule has 0 saturated carbocycles. The summed E-state index contributed by atoms with van der Waals surface area (Å²) in [6.45, 7) is 3.76. The maximum absolute atomic E-state index is 8.58. The average Bonchev–Trinajstić information content (AvgIpc) is 2.67. The standard InChI is InChI=1S/C7H9N5S/c8-5-6-10-7(11-13-6)12-3-1-9-2-4-12/h9H,1-4H2. The van der Waals surface area contributed by atoms with E-state index in [-0.39, 0.29) is 0 Å². The molecule has 1 aliphatic heterocycles. The molecule has 0 aliphatic carbocycles. The topological polar surface area (TPSA) is 64.8 Å². The molecule has 1 aromatic rings. The van der Waals surface area contributed by atoms with E-state index in [4.69, 9.17) is 5.26 Å². The fourth-order valence-corrected chi connectivity index (χ4v) is 1.74. The Kier molecular flexibility index (Phi) is 2.38. The minimum absolute atomic E-state index is 0.438. The summed E-state index contributed by atoms with van der Waals surface area (Å²) in [4.78, 5) is 6.19. The van der Waals surface area contributed by atoms with Gasteiger partial charge in [-0.25, -0.2) is 0 Å². The molecule has 1 aromatic heterocycles. The highest BCUT2D eigenvalue weighted by Gasteiger charge is 2.14. The minimum Gasteiger partial charge on any atom is -0.338 e. The van der Waals surface area contributed by atoms with Crippen molar-refractivity contribution in [1.82, 2.24) is 14.7 Å². The van der Waals surface area contributed by atoms with Crippen LogP contribution in [-0.2, 0) is 0 Å². The first-order chi connectivity index (χ1) is 6.40. The van der Waals surface area contributed by atoms with Gasteiger partial charge in [-0.15, -0.1) is 0 Å². The molecule has 2 heterocycles. The second-order valence-electron chi connectivity index (χ2n) is 2.75. The molecule has 5 nitrogen and oxygen atoms in total. The normalized spacial score (nSPS) is 17.0. The van der Waals surface area contributed by atoms with Crippen molar-refractivity contribution in [2.45, 2.75) is 0 Å². The van der Waals surface area contributed by atoms with Crippen LogP contribution in [0.2, 0.25) is 0 Å². The first-order valence-electron chi connectivity index (χ1n) is 4.09. The zero-order valence-electron chi connectivity index (χ0n) is 7.03. The summed E-state index contributed by atoms with van der Waals surface area (Å²) in [5.41, 5.74) is 0. The fraction of sp³-hybridized carbons (Fsp3) is 0.571. The molecule has 0 amide bonds. The molecule has 2 rings (SSSR count). The number of piperazine rings is 1. The summed E-state index contributed by atoms with van der Waals surface area (Å²) >= 11 is 1.16. The van der Waals surface area contributed by atoms with Crippen LogP contribution < -0.4 is 10.2 Å². The van der Waals surface area contributed by atoms with Crippen LogP contribution in [0.5, 0.6) is 0 Å². The van der Waals surface area contributed by atoms with Crippen LogP contribution in [-0.4, -0.2) is 35.5 Å². The van der Waals surface area contributed by atoms with Crippen LogP contribution in [0.4, 0.5) is 5.95 Å². The summed E-state index contributed by atoms with van der Waals surface area (Å²) in [5.74, 6) is 0.697. The van der Waals surface area contributed by atoms with Crippen LogP contribution in [0.15, 0.2) is 0 Å². The van der Waals surface area contributed by atoms with Crippen LogP contribution in [0.1, 0.15) is 5.01 Å². The summed E-state index contributed by atoms with van der Waals surface area (Å²) in [5, 5.41) is 12.3. The molecule has 6 heteroatoms. The lowest BCUT2D eigenvalue weighted by molar-refractivity contribution is 0.582. The quantitative estimate of drug-likeness (QED) is 0.673. The second-order valence-corrected chi connectivity index (χ2v) is 3.50. The lowest BCUT2D eigenvalue weighted by atomic mass is 10.4. The van der Waals surface area contributed by atoms with Crippen molar-refractivity contribution in [3.63, 3.8) is 0 Å². The number of anilines is 1. The van der Waals surface area contributed by atoms with Gasteiger partial charge >= 0.3 is 0 Å². The van der Waals surface area contributed by atoms with Crippen LogP contribution in [0.3, 0.4) is 0 Å². The Morgan fingerprint density at radius 3 is 2.85 bits per heavy atom. The van der Waals surface area contributed by atoms with Crippen molar-refractivity contribution in [3.8, 4) is 6.07 Å². The van der Waals surface area contributed by atoms with Gasteiger partial charge in [-0.05, 0) is 11.5 Å². The van der Waals surface area contributed by atoms with E-state index < -0.39 is 0 Å². The summed E-state index contributed by atoms with van der Waals surface area (Å²) in [7, 11) is 0. The van der Waals surface area contributed by atoms with Gasteiger partial charge in [0.25, 0.3) is 0 Å². The van der Waals surface area contributed by atoms with Gasteiger partial charge in [0.15, 0.2) is 0 Å². The number of nitriles is 1. The van der Waals surface area contributed by atoms with Crippen molar-refractivity contribution >= 4 is 17.5 Å². The molecule has 0 radical (unpaired) electrons. The zero-order valence-corrected chi connectivity index (χ0v) is 7.84. The van der Waals surface area contributed by atoms with Gasteiger partial charge in [0.2, 0.25) is 11.0 Å². The summed E-state index contributed by atoms with van der Waals surface area (Å²) in [6.07, 6.45) is 0. The van der Waals surface area contributed by atoms with E-state index in [1.807, 2.05) is 6.07 Å². The Bertz CT molecular complexity index is 322. The molecule has 0 unspecified atom stereocenters. The molecule has 13 heavy (non-hydrogen) atoms. The second kappa shape index (κ2) is 3.68. The third-order valence-corrected chi connectivity index (χ3v) is 2.52. The molecule has 68 valence electrons. The van der Waals surface area contributed by atoms with E-state index in [0.29, 0.717) is 11.0 Å². The molecular formula is C7H9N5S. The zero-order chi connectivity index (χ0) is 9.10. The van der Waals surface area contributed by atoms with Crippen molar-refractivity contribution in [3.05, 3.63) is 5.01 Å². The SMILES string of the molecule is N#Cc1nc(N2CCNCC2)ns1. The molecule has 1 N–H and O–H groups in total. The number of aromatic nitrogens is 2. The Balaban J connectivity index is 2.11. The van der Waals surface area contributed by atoms with E-state index in [0.717, 1.165) is 37.7 Å². The lowest BCUT2D eigenvalue weighted by Crippen LogP contribution is -2.44. The van der Waals surface area contributed by atoms with E-state index in [1.54, 1.807) is 0 Å². The van der Waals surface area contributed by atoms with E-state index in [9.17, 15) is 0 Å².